The maximum atomic E-state index is 13.3. The first-order valence-corrected chi connectivity index (χ1v) is 21.1. The van der Waals surface area contributed by atoms with Crippen LogP contribution in [0.1, 0.15) is 83.9 Å². The summed E-state index contributed by atoms with van der Waals surface area (Å²) in [5.74, 6) is -2.47. The number of nitrogens with one attached hydrogen (secondary N) is 3. The van der Waals surface area contributed by atoms with Crippen LogP contribution in [-0.4, -0.2) is 95.6 Å². The normalized spacial score (nSPS) is 17.6. The molecular weight excluding hydrogens is 695 g/mol. The van der Waals surface area contributed by atoms with Crippen molar-refractivity contribution in [3.8, 4) is 0 Å². The molecule has 2 aromatic rings. The quantitative estimate of drug-likeness (QED) is 0.105. The number of carbonyl (C=O) groups is 2. The van der Waals surface area contributed by atoms with Gasteiger partial charge >= 0.3 is 6.03 Å². The van der Waals surface area contributed by atoms with E-state index in [9.17, 15) is 36.6 Å². The van der Waals surface area contributed by atoms with Crippen molar-refractivity contribution in [3.63, 3.8) is 0 Å². The number of hydrogen-bond donors (Lipinski definition) is 5. The van der Waals surface area contributed by atoms with Crippen LogP contribution in [0.2, 0.25) is 0 Å². The van der Waals surface area contributed by atoms with E-state index in [0.29, 0.717) is 30.9 Å². The number of aromatic nitrogens is 2. The first-order valence-electron chi connectivity index (χ1n) is 17.8. The maximum Gasteiger partial charge on any atom is 0.333 e. The average Bonchev–Trinajstić information content (AvgIpc) is 3.52. The molecule has 1 heterocycles. The predicted molar refractivity (Wildman–Crippen MR) is 198 cm³/mol. The summed E-state index contributed by atoms with van der Waals surface area (Å²) in [7, 11) is -7.52. The molecule has 13 nitrogen and oxygen atoms in total. The molecule has 1 aliphatic rings. The second-order valence-corrected chi connectivity index (χ2v) is 19.4. The van der Waals surface area contributed by atoms with Crippen molar-refractivity contribution >= 4 is 31.8 Å². The lowest BCUT2D eigenvalue weighted by atomic mass is 9.83. The molecule has 0 radical (unpaired) electrons. The smallest absolute Gasteiger partial charge is 0.333 e. The Morgan fingerprint density at radius 1 is 1.04 bits per heavy atom. The number of aliphatic hydroxyl groups is 2. The second kappa shape index (κ2) is 19.2. The number of nitrogens with zero attached hydrogens (tertiary/aromatic N) is 2. The summed E-state index contributed by atoms with van der Waals surface area (Å²) in [6.45, 7) is 10.3. The molecule has 5 atom stereocenters. The fourth-order valence-corrected chi connectivity index (χ4v) is 8.78. The number of rotatable bonds is 19. The van der Waals surface area contributed by atoms with Gasteiger partial charge in [-0.05, 0) is 58.4 Å². The fraction of sp³-hybridized carbons (Fsp3) is 0.639. The molecule has 51 heavy (non-hydrogen) atoms. The minimum absolute atomic E-state index is 0.133. The van der Waals surface area contributed by atoms with E-state index in [2.05, 4.69) is 26.9 Å². The highest BCUT2D eigenvalue weighted by Gasteiger charge is 2.36. The predicted octanol–water partition coefficient (Wildman–Crippen LogP) is 3.12. The minimum atomic E-state index is -3.83. The molecule has 1 saturated carbocycles. The van der Waals surface area contributed by atoms with Crippen LogP contribution in [-0.2, 0) is 37.5 Å². The fourth-order valence-electron chi connectivity index (χ4n) is 6.29. The van der Waals surface area contributed by atoms with E-state index in [-0.39, 0.29) is 19.0 Å². The number of amides is 2. The number of hydrogen-bond acceptors (Lipinski definition) is 10. The average molecular weight is 752 g/mol. The number of imidazole rings is 1. The Bertz CT molecular complexity index is 1630. The molecule has 1 aromatic heterocycles. The number of benzene rings is 1. The Kier molecular flexibility index (Phi) is 16.0. The maximum absolute atomic E-state index is 13.3. The Morgan fingerprint density at radius 2 is 1.71 bits per heavy atom. The van der Waals surface area contributed by atoms with E-state index < -0.39 is 72.2 Å². The van der Waals surface area contributed by atoms with E-state index in [1.54, 1.807) is 51.1 Å². The number of aliphatic hydroxyl groups excluding tert-OH is 2. The van der Waals surface area contributed by atoms with E-state index >= 15 is 0 Å². The lowest BCUT2D eigenvalue weighted by Gasteiger charge is -2.34. The highest BCUT2D eigenvalue weighted by atomic mass is 32.2. The number of imide groups is 1. The van der Waals surface area contributed by atoms with Crippen molar-refractivity contribution in [1.29, 1.82) is 0 Å². The van der Waals surface area contributed by atoms with Gasteiger partial charge in [-0.15, -0.1) is 6.58 Å². The largest absolute Gasteiger partial charge is 0.389 e. The summed E-state index contributed by atoms with van der Waals surface area (Å²) in [6, 6.07) is 7.34. The van der Waals surface area contributed by atoms with E-state index in [4.69, 9.17) is 0 Å². The van der Waals surface area contributed by atoms with Crippen LogP contribution in [0.3, 0.4) is 0 Å². The van der Waals surface area contributed by atoms with Gasteiger partial charge in [0.05, 0.1) is 40.1 Å². The molecule has 0 saturated heterocycles. The van der Waals surface area contributed by atoms with Crippen molar-refractivity contribution in [2.45, 2.75) is 115 Å². The van der Waals surface area contributed by atoms with E-state index in [0.717, 1.165) is 42.2 Å². The van der Waals surface area contributed by atoms with Crippen LogP contribution in [0.5, 0.6) is 0 Å². The Labute approximate surface area is 303 Å². The summed E-state index contributed by atoms with van der Waals surface area (Å²) in [5.41, 5.74) is 1.27. The molecule has 15 heteroatoms. The van der Waals surface area contributed by atoms with Crippen LogP contribution in [0.4, 0.5) is 4.79 Å². The molecule has 0 bridgehead atoms. The summed E-state index contributed by atoms with van der Waals surface area (Å²) < 4.78 is 53.6. The minimum Gasteiger partial charge on any atom is -0.389 e. The molecule has 286 valence electrons. The zero-order valence-electron chi connectivity index (χ0n) is 30.3. The number of carbonyl (C=O) groups excluding carboxylic acids is 2. The number of sulfonamides is 1. The molecule has 2 amide bonds. The topological polar surface area (TPSA) is 197 Å². The van der Waals surface area contributed by atoms with Gasteiger partial charge < -0.3 is 15.5 Å². The third-order valence-electron chi connectivity index (χ3n) is 9.34. The van der Waals surface area contributed by atoms with Crippen LogP contribution in [0, 0.1) is 11.8 Å². The molecule has 1 aliphatic carbocycles. The van der Waals surface area contributed by atoms with Crippen molar-refractivity contribution < 1.29 is 36.6 Å². The van der Waals surface area contributed by atoms with E-state index in [1.165, 1.54) is 12.5 Å². The summed E-state index contributed by atoms with van der Waals surface area (Å²) in [4.78, 5) is 30.8. The lowest BCUT2D eigenvalue weighted by molar-refractivity contribution is -0.123. The van der Waals surface area contributed by atoms with Gasteiger partial charge in [-0.2, -0.15) is 0 Å². The van der Waals surface area contributed by atoms with Crippen molar-refractivity contribution in [3.05, 3.63) is 66.8 Å². The lowest BCUT2D eigenvalue weighted by Crippen LogP contribution is -2.53. The zero-order valence-corrected chi connectivity index (χ0v) is 32.0. The Hall–Kier alpha value is -2.95. The van der Waals surface area contributed by atoms with Gasteiger partial charge in [0.25, 0.3) is 0 Å². The summed E-state index contributed by atoms with van der Waals surface area (Å²) in [5, 5.41) is 27.7. The van der Waals surface area contributed by atoms with Gasteiger partial charge in [-0.25, -0.2) is 31.3 Å². The second-order valence-electron chi connectivity index (χ2n) is 14.8. The molecular formula is C36H57N5O8S2. The van der Waals surface area contributed by atoms with Crippen molar-refractivity contribution in [2.24, 2.45) is 11.8 Å². The first kappa shape index (κ1) is 42.5. The van der Waals surface area contributed by atoms with Crippen LogP contribution < -0.4 is 15.4 Å². The number of sulfone groups is 1. The highest BCUT2D eigenvalue weighted by Crippen LogP contribution is 2.29. The third kappa shape index (κ3) is 13.8. The van der Waals surface area contributed by atoms with E-state index in [1.807, 2.05) is 13.0 Å². The Morgan fingerprint density at radius 3 is 2.33 bits per heavy atom. The third-order valence-corrected chi connectivity index (χ3v) is 13.5. The molecule has 0 aliphatic heterocycles. The van der Waals surface area contributed by atoms with Crippen molar-refractivity contribution in [2.75, 3.05) is 18.1 Å². The molecule has 2 unspecified atom stereocenters. The Balaban J connectivity index is 1.68. The first-order chi connectivity index (χ1) is 23.9. The highest BCUT2D eigenvalue weighted by molar-refractivity contribution is 7.92. The van der Waals surface area contributed by atoms with Crippen LogP contribution >= 0.6 is 0 Å². The summed E-state index contributed by atoms with van der Waals surface area (Å²) >= 11 is 0. The SMILES string of the molecule is C=CCCNS(=O)(=O)C[C@@H](O)[C@@H](O)[C@@H](CC1CCCCC1)NC(C)Cc1cn(C(=O)NC(=O)C(Cc2ccccc2)CS(=O)(=O)C(C)(C)C)cn1. The van der Waals surface area contributed by atoms with Gasteiger partial charge in [-0.1, -0.05) is 68.5 Å². The van der Waals surface area contributed by atoms with Gasteiger partial charge in [-0.3, -0.25) is 14.7 Å². The van der Waals surface area contributed by atoms with Crippen LogP contribution in [0.15, 0.2) is 55.5 Å². The zero-order chi connectivity index (χ0) is 37.8. The van der Waals surface area contributed by atoms with Crippen molar-refractivity contribution in [1.82, 2.24) is 24.9 Å². The van der Waals surface area contributed by atoms with Gasteiger partial charge in [0.2, 0.25) is 15.9 Å². The monoisotopic (exact) mass is 751 g/mol. The molecule has 1 fully saturated rings. The van der Waals surface area contributed by atoms with Crippen LogP contribution in [0.25, 0.3) is 0 Å². The standard InChI is InChI=1S/C36H57N5O8S2/c1-6-7-18-38-51(48,49)24-32(42)33(43)31(21-28-16-12-9-13-17-28)39-26(2)19-30-22-41(25-37-30)35(45)40-34(44)29(20-27-14-10-8-11-15-27)23-50(46,47)36(3,4)5/h6,8,10-11,14-15,22,25-26,28-29,31-33,38-39,42-43H,1,7,9,12-13,16-21,23-24H2,2-5H3,(H,40,44,45)/t26?,29?,31-,32-,33+/m1/s1. The molecule has 1 aromatic carbocycles. The molecule has 5 N–H and O–H groups in total. The van der Waals surface area contributed by atoms with Gasteiger partial charge in [0, 0.05) is 31.2 Å². The molecule has 3 rings (SSSR count). The summed E-state index contributed by atoms with van der Waals surface area (Å²) in [6.07, 6.45) is 8.18. The molecule has 0 spiro atoms. The van der Waals surface area contributed by atoms with Gasteiger partial charge in [0.1, 0.15) is 6.33 Å². The van der Waals surface area contributed by atoms with Gasteiger partial charge in [0.15, 0.2) is 9.84 Å².